The Labute approximate surface area is 124 Å². The first-order valence-corrected chi connectivity index (χ1v) is 6.90. The van der Waals surface area contributed by atoms with Crippen molar-refractivity contribution in [2.75, 3.05) is 11.9 Å². The van der Waals surface area contributed by atoms with Crippen molar-refractivity contribution in [2.24, 2.45) is 5.41 Å². The average Bonchev–Trinajstić information content (AvgIpc) is 2.51. The van der Waals surface area contributed by atoms with Crippen LogP contribution in [-0.2, 0) is 9.59 Å². The molecule has 0 spiro atoms. The predicted octanol–water partition coefficient (Wildman–Crippen LogP) is 2.80. The Kier molecular flexibility index (Phi) is 5.48. The number of hydrogen-bond donors (Lipinski definition) is 1. The summed E-state index contributed by atoms with van der Waals surface area (Å²) in [6.07, 6.45) is 0.781. The first kappa shape index (κ1) is 16.7. The summed E-state index contributed by atoms with van der Waals surface area (Å²) in [5, 5.41) is 18.1. The molecule has 1 N–H and O–H groups in total. The smallest absolute Gasteiger partial charge is 0.310 e. The number of carboxylic acids is 1. The standard InChI is InChI=1S/C16H20N2O3/c1-4-16(5-2,15(20)21)10-14(19)18(3)13-8-6-12(11-17)7-9-13/h6-9H,4-5,10H2,1-3H3,(H,20,21). The molecule has 0 heterocycles. The Morgan fingerprint density at radius 2 is 1.76 bits per heavy atom. The minimum Gasteiger partial charge on any atom is -0.481 e. The molecular weight excluding hydrogens is 268 g/mol. The van der Waals surface area contributed by atoms with E-state index < -0.39 is 11.4 Å². The Bertz CT molecular complexity index is 554. The zero-order chi connectivity index (χ0) is 16.0. The van der Waals surface area contributed by atoms with Gasteiger partial charge in [0.25, 0.3) is 0 Å². The number of nitrogens with zero attached hydrogens (tertiary/aromatic N) is 2. The van der Waals surface area contributed by atoms with E-state index >= 15 is 0 Å². The summed E-state index contributed by atoms with van der Waals surface area (Å²) in [7, 11) is 1.61. The molecule has 112 valence electrons. The third-order valence-electron chi connectivity index (χ3n) is 4.05. The van der Waals surface area contributed by atoms with Crippen molar-refractivity contribution >= 4 is 17.6 Å². The number of carboxylic acid groups (broad SMARTS) is 1. The molecule has 1 rings (SSSR count). The molecule has 21 heavy (non-hydrogen) atoms. The zero-order valence-electron chi connectivity index (χ0n) is 12.6. The van der Waals surface area contributed by atoms with Gasteiger partial charge in [0, 0.05) is 19.2 Å². The molecule has 0 aromatic heterocycles. The minimum atomic E-state index is -1.02. The van der Waals surface area contributed by atoms with Crippen molar-refractivity contribution in [1.29, 1.82) is 5.26 Å². The van der Waals surface area contributed by atoms with Gasteiger partial charge in [-0.05, 0) is 37.1 Å². The number of hydrogen-bond acceptors (Lipinski definition) is 3. The van der Waals surface area contributed by atoms with Gasteiger partial charge in [0.05, 0.1) is 17.0 Å². The molecule has 0 atom stereocenters. The van der Waals surface area contributed by atoms with Crippen LogP contribution < -0.4 is 4.90 Å². The van der Waals surface area contributed by atoms with Gasteiger partial charge in [-0.2, -0.15) is 5.26 Å². The maximum atomic E-state index is 12.3. The van der Waals surface area contributed by atoms with Gasteiger partial charge in [-0.1, -0.05) is 13.8 Å². The van der Waals surface area contributed by atoms with Gasteiger partial charge in [-0.3, -0.25) is 9.59 Å². The number of nitriles is 1. The van der Waals surface area contributed by atoms with Crippen molar-refractivity contribution in [1.82, 2.24) is 0 Å². The number of carbonyl (C=O) groups is 2. The summed E-state index contributed by atoms with van der Waals surface area (Å²) >= 11 is 0. The number of aliphatic carboxylic acids is 1. The molecule has 1 amide bonds. The average molecular weight is 288 g/mol. The van der Waals surface area contributed by atoms with Gasteiger partial charge in [-0.25, -0.2) is 0 Å². The topological polar surface area (TPSA) is 81.4 Å². The van der Waals surface area contributed by atoms with E-state index in [1.165, 1.54) is 4.90 Å². The molecule has 0 bridgehead atoms. The molecule has 0 aliphatic rings. The quantitative estimate of drug-likeness (QED) is 0.872. The van der Waals surface area contributed by atoms with E-state index in [1.54, 1.807) is 45.2 Å². The summed E-state index contributed by atoms with van der Waals surface area (Å²) in [4.78, 5) is 25.2. The highest BCUT2D eigenvalue weighted by atomic mass is 16.4. The molecule has 0 saturated heterocycles. The second-order valence-corrected chi connectivity index (χ2v) is 5.08. The molecule has 0 fully saturated rings. The number of carbonyl (C=O) groups excluding carboxylic acids is 1. The summed E-state index contributed by atoms with van der Waals surface area (Å²) in [5.74, 6) is -1.18. The fourth-order valence-corrected chi connectivity index (χ4v) is 2.19. The first-order chi connectivity index (χ1) is 9.90. The molecule has 0 saturated carbocycles. The lowest BCUT2D eigenvalue weighted by Gasteiger charge is -2.28. The molecule has 1 aromatic carbocycles. The molecule has 5 heteroatoms. The number of amides is 1. The lowest BCUT2D eigenvalue weighted by Crippen LogP contribution is -2.37. The van der Waals surface area contributed by atoms with Crippen LogP contribution in [0.1, 0.15) is 38.7 Å². The maximum absolute atomic E-state index is 12.3. The van der Waals surface area contributed by atoms with Crippen LogP contribution in [0.4, 0.5) is 5.69 Å². The van der Waals surface area contributed by atoms with E-state index in [0.717, 1.165) is 0 Å². The van der Waals surface area contributed by atoms with Crippen molar-refractivity contribution < 1.29 is 14.7 Å². The highest BCUT2D eigenvalue weighted by Crippen LogP contribution is 2.32. The largest absolute Gasteiger partial charge is 0.481 e. The van der Waals surface area contributed by atoms with Gasteiger partial charge in [0.2, 0.25) is 5.91 Å². The lowest BCUT2D eigenvalue weighted by atomic mass is 9.79. The third kappa shape index (κ3) is 3.60. The van der Waals surface area contributed by atoms with E-state index in [9.17, 15) is 14.7 Å². The predicted molar refractivity (Wildman–Crippen MR) is 79.8 cm³/mol. The van der Waals surface area contributed by atoms with Gasteiger partial charge >= 0.3 is 5.97 Å². The van der Waals surface area contributed by atoms with Crippen LogP contribution in [0.3, 0.4) is 0 Å². The van der Waals surface area contributed by atoms with Crippen molar-refractivity contribution in [2.45, 2.75) is 33.1 Å². The monoisotopic (exact) mass is 288 g/mol. The highest BCUT2D eigenvalue weighted by Gasteiger charge is 2.38. The van der Waals surface area contributed by atoms with Crippen LogP contribution >= 0.6 is 0 Å². The fourth-order valence-electron chi connectivity index (χ4n) is 2.19. The van der Waals surface area contributed by atoms with Crippen molar-refractivity contribution in [3.8, 4) is 6.07 Å². The van der Waals surface area contributed by atoms with Crippen LogP contribution in [0.25, 0.3) is 0 Å². The molecule has 5 nitrogen and oxygen atoms in total. The van der Waals surface area contributed by atoms with E-state index in [0.29, 0.717) is 24.1 Å². The second kappa shape index (κ2) is 6.89. The fraction of sp³-hybridized carbons (Fsp3) is 0.438. The second-order valence-electron chi connectivity index (χ2n) is 5.08. The summed E-state index contributed by atoms with van der Waals surface area (Å²) < 4.78 is 0. The van der Waals surface area contributed by atoms with Crippen LogP contribution in [0.15, 0.2) is 24.3 Å². The van der Waals surface area contributed by atoms with Gasteiger partial charge < -0.3 is 10.0 Å². The summed E-state index contributed by atoms with van der Waals surface area (Å²) in [6.45, 7) is 3.57. The number of rotatable bonds is 6. The van der Waals surface area contributed by atoms with Crippen LogP contribution in [-0.4, -0.2) is 24.0 Å². The molecular formula is C16H20N2O3. The van der Waals surface area contributed by atoms with E-state index in [2.05, 4.69) is 0 Å². The molecule has 0 radical (unpaired) electrons. The van der Waals surface area contributed by atoms with Gasteiger partial charge in [0.15, 0.2) is 0 Å². The molecule has 0 aliphatic heterocycles. The van der Waals surface area contributed by atoms with E-state index in [-0.39, 0.29) is 12.3 Å². The SMILES string of the molecule is CCC(CC)(CC(=O)N(C)c1ccc(C#N)cc1)C(=O)O. The Balaban J connectivity index is 2.91. The molecule has 0 aliphatic carbocycles. The maximum Gasteiger partial charge on any atom is 0.310 e. The highest BCUT2D eigenvalue weighted by molar-refractivity contribution is 5.95. The normalized spacial score (nSPS) is 10.8. The van der Waals surface area contributed by atoms with Crippen LogP contribution in [0.5, 0.6) is 0 Å². The van der Waals surface area contributed by atoms with Gasteiger partial charge in [-0.15, -0.1) is 0 Å². The Morgan fingerprint density at radius 1 is 1.24 bits per heavy atom. The van der Waals surface area contributed by atoms with E-state index in [1.807, 2.05) is 6.07 Å². The van der Waals surface area contributed by atoms with Crippen molar-refractivity contribution in [3.63, 3.8) is 0 Å². The first-order valence-electron chi connectivity index (χ1n) is 6.90. The van der Waals surface area contributed by atoms with Crippen molar-refractivity contribution in [3.05, 3.63) is 29.8 Å². The zero-order valence-corrected chi connectivity index (χ0v) is 12.6. The van der Waals surface area contributed by atoms with E-state index in [4.69, 9.17) is 5.26 Å². The summed E-state index contributed by atoms with van der Waals surface area (Å²) in [6, 6.07) is 8.62. The third-order valence-corrected chi connectivity index (χ3v) is 4.05. The summed E-state index contributed by atoms with van der Waals surface area (Å²) in [5.41, 5.74) is 0.143. The van der Waals surface area contributed by atoms with Crippen LogP contribution in [0, 0.1) is 16.7 Å². The Morgan fingerprint density at radius 3 is 2.14 bits per heavy atom. The number of anilines is 1. The Hall–Kier alpha value is -2.35. The van der Waals surface area contributed by atoms with Gasteiger partial charge in [0.1, 0.15) is 0 Å². The minimum absolute atomic E-state index is 0.0359. The molecule has 0 unspecified atom stereocenters. The lowest BCUT2D eigenvalue weighted by molar-refractivity contribution is -0.152. The molecule has 1 aromatic rings. The van der Waals surface area contributed by atoms with Crippen LogP contribution in [0.2, 0.25) is 0 Å². The number of benzene rings is 1.